The van der Waals surface area contributed by atoms with Gasteiger partial charge in [-0.25, -0.2) is 4.79 Å². The Labute approximate surface area is 342 Å². The van der Waals surface area contributed by atoms with Gasteiger partial charge in [-0.05, 0) is 32.7 Å². The molecule has 0 bridgehead atoms. The fraction of sp³-hybridized carbons (Fsp3) is 0.854. The lowest BCUT2D eigenvalue weighted by Crippen LogP contribution is -2.41. The second kappa shape index (κ2) is 45.5. The first-order valence-corrected chi connectivity index (χ1v) is 21.3. The third-order valence-electron chi connectivity index (χ3n) is 8.67. The monoisotopic (exact) mass is 819 g/mol. The van der Waals surface area contributed by atoms with Gasteiger partial charge in [-0.15, -0.1) is 0 Å². The molecule has 0 radical (unpaired) electrons. The lowest BCUT2D eigenvalue weighted by molar-refractivity contribution is -0.142. The van der Waals surface area contributed by atoms with E-state index in [1.165, 1.54) is 44.9 Å². The summed E-state index contributed by atoms with van der Waals surface area (Å²) >= 11 is 0. The molecule has 0 aromatic rings. The van der Waals surface area contributed by atoms with E-state index >= 15 is 0 Å². The van der Waals surface area contributed by atoms with E-state index in [1.54, 1.807) is 0 Å². The van der Waals surface area contributed by atoms with Crippen LogP contribution in [0, 0.1) is 0 Å². The minimum Gasteiger partial charge on any atom is -0.481 e. The third kappa shape index (κ3) is 47.1. The van der Waals surface area contributed by atoms with Crippen LogP contribution in [0.25, 0.3) is 0 Å². The molecule has 0 aliphatic rings. The Hall–Kier alpha value is -3.18. The van der Waals surface area contributed by atoms with E-state index in [0.717, 1.165) is 70.9 Å². The molecule has 6 N–H and O–H groups in total. The van der Waals surface area contributed by atoms with E-state index in [1.807, 2.05) is 7.05 Å². The Morgan fingerprint density at radius 2 is 1.05 bits per heavy atom. The molecule has 0 rings (SSSR count). The standard InChI is InChI=1S/C29H52N2O9.C12H26N2O3/c32-20-22-40-24-23-39-21-19-30-26(33)18-17-25(29(37)38)31-27(34)15-13-11-9-7-5-3-1-2-4-6-8-10-12-14-16-28(35)36;1-3-4-5-6-14-12(15)11-17-10-9-16-8-7-13-2/h20,25H,1-19,21-24H2,(H,30,33)(H,31,34)(H,35,36)(H,37,38);13H,3-11H2,1-2H3,(H,14,15)/t25-;/m0./s1. The van der Waals surface area contributed by atoms with Gasteiger partial charge in [0.05, 0.1) is 39.6 Å². The van der Waals surface area contributed by atoms with Gasteiger partial charge in [0, 0.05) is 38.9 Å². The number of hydrogen-bond donors (Lipinski definition) is 6. The molecular weight excluding hydrogens is 740 g/mol. The lowest BCUT2D eigenvalue weighted by atomic mass is 10.0. The molecule has 0 spiro atoms. The summed E-state index contributed by atoms with van der Waals surface area (Å²) in [5.41, 5.74) is 0. The van der Waals surface area contributed by atoms with Crippen LogP contribution in [0.5, 0.6) is 0 Å². The number of ether oxygens (including phenoxy) is 4. The number of amides is 3. The van der Waals surface area contributed by atoms with Crippen molar-refractivity contribution >= 4 is 35.9 Å². The van der Waals surface area contributed by atoms with Gasteiger partial charge in [-0.2, -0.15) is 0 Å². The maximum Gasteiger partial charge on any atom is 0.326 e. The summed E-state index contributed by atoms with van der Waals surface area (Å²) in [5.74, 6) is -2.53. The molecule has 0 aliphatic carbocycles. The highest BCUT2D eigenvalue weighted by molar-refractivity contribution is 5.84. The average Bonchev–Trinajstić information content (AvgIpc) is 3.18. The number of carboxylic acids is 2. The molecule has 0 unspecified atom stereocenters. The van der Waals surface area contributed by atoms with Gasteiger partial charge in [-0.3, -0.25) is 19.2 Å². The Morgan fingerprint density at radius 1 is 0.544 bits per heavy atom. The van der Waals surface area contributed by atoms with Gasteiger partial charge in [0.1, 0.15) is 25.5 Å². The fourth-order valence-electron chi connectivity index (χ4n) is 5.40. The highest BCUT2D eigenvalue weighted by Crippen LogP contribution is 2.14. The largest absolute Gasteiger partial charge is 0.481 e. The Morgan fingerprint density at radius 3 is 1.58 bits per heavy atom. The molecule has 1 atom stereocenters. The third-order valence-corrected chi connectivity index (χ3v) is 8.67. The number of likely N-dealkylation sites (N-methyl/N-ethyl adjacent to an activating group) is 1. The maximum atomic E-state index is 12.2. The van der Waals surface area contributed by atoms with Crippen LogP contribution in [0.15, 0.2) is 0 Å². The number of hydrogen-bond acceptors (Lipinski definition) is 11. The smallest absolute Gasteiger partial charge is 0.326 e. The second-order valence-corrected chi connectivity index (χ2v) is 13.9. The van der Waals surface area contributed by atoms with Gasteiger partial charge in [0.15, 0.2) is 0 Å². The number of carbonyl (C=O) groups excluding carboxylic acids is 4. The lowest BCUT2D eigenvalue weighted by Gasteiger charge is -2.14. The summed E-state index contributed by atoms with van der Waals surface area (Å²) in [6, 6.07) is -1.10. The highest BCUT2D eigenvalue weighted by atomic mass is 16.5. The minimum atomic E-state index is -1.16. The zero-order chi connectivity index (χ0) is 42.5. The van der Waals surface area contributed by atoms with E-state index in [2.05, 4.69) is 28.2 Å². The van der Waals surface area contributed by atoms with E-state index < -0.39 is 18.0 Å². The first kappa shape index (κ1) is 55.9. The van der Waals surface area contributed by atoms with Gasteiger partial charge >= 0.3 is 11.9 Å². The Bertz CT molecular complexity index is 989. The molecule has 0 aromatic heterocycles. The van der Waals surface area contributed by atoms with Crippen LogP contribution < -0.4 is 21.3 Å². The molecular formula is C41H78N4O12. The number of aldehydes is 1. The van der Waals surface area contributed by atoms with Crippen molar-refractivity contribution < 1.29 is 57.9 Å². The van der Waals surface area contributed by atoms with Crippen LogP contribution in [0.1, 0.15) is 142 Å². The summed E-state index contributed by atoms with van der Waals surface area (Å²) < 4.78 is 20.6. The molecule has 334 valence electrons. The quantitative estimate of drug-likeness (QED) is 0.0367. The van der Waals surface area contributed by atoms with Crippen LogP contribution in [-0.4, -0.2) is 132 Å². The van der Waals surface area contributed by atoms with E-state index in [-0.39, 0.29) is 76.4 Å². The summed E-state index contributed by atoms with van der Waals surface area (Å²) in [5, 5.41) is 28.9. The number of unbranched alkanes of at least 4 members (excludes halogenated alkanes) is 15. The average molecular weight is 819 g/mol. The summed E-state index contributed by atoms with van der Waals surface area (Å²) in [7, 11) is 1.88. The van der Waals surface area contributed by atoms with E-state index in [0.29, 0.717) is 39.1 Å². The SMILES string of the molecule is CCCCCNC(=O)COCCOCCNC.O=CCOCCOCCNC(=O)CC[C@H](NC(=O)CCCCCCCCCCCCCCCCC(=O)O)C(=O)O. The normalized spacial score (nSPS) is 11.3. The van der Waals surface area contributed by atoms with Gasteiger partial charge in [0.25, 0.3) is 0 Å². The molecule has 0 aromatic carbocycles. The topological polar surface area (TPSA) is 228 Å². The molecule has 0 saturated carbocycles. The van der Waals surface area contributed by atoms with Crippen molar-refractivity contribution in [2.75, 3.05) is 79.5 Å². The van der Waals surface area contributed by atoms with E-state index in [4.69, 9.17) is 24.1 Å². The zero-order valence-electron chi connectivity index (χ0n) is 35.3. The van der Waals surface area contributed by atoms with Crippen LogP contribution in [0.2, 0.25) is 0 Å². The van der Waals surface area contributed by atoms with Crippen molar-refractivity contribution in [3.8, 4) is 0 Å². The number of rotatable bonds is 42. The van der Waals surface area contributed by atoms with Crippen molar-refractivity contribution in [1.82, 2.24) is 21.3 Å². The summed E-state index contributed by atoms with van der Waals surface area (Å²) in [6.45, 7) is 6.66. The second-order valence-electron chi connectivity index (χ2n) is 13.9. The van der Waals surface area contributed by atoms with Gasteiger partial charge < -0.3 is 55.2 Å². The summed E-state index contributed by atoms with van der Waals surface area (Å²) in [6.07, 6.45) is 19.9. The van der Waals surface area contributed by atoms with Crippen LogP contribution >= 0.6 is 0 Å². The number of aliphatic carboxylic acids is 2. The first-order valence-electron chi connectivity index (χ1n) is 21.3. The molecule has 16 nitrogen and oxygen atoms in total. The first-order chi connectivity index (χ1) is 27.7. The molecule has 0 saturated heterocycles. The molecule has 16 heteroatoms. The van der Waals surface area contributed by atoms with E-state index in [9.17, 15) is 33.9 Å². The van der Waals surface area contributed by atoms with Crippen LogP contribution in [0.4, 0.5) is 0 Å². The minimum absolute atomic E-state index is 0.0140. The molecule has 0 aliphatic heterocycles. The number of carbonyl (C=O) groups is 6. The van der Waals surface area contributed by atoms with Crippen molar-refractivity contribution in [2.24, 2.45) is 0 Å². The van der Waals surface area contributed by atoms with Crippen molar-refractivity contribution in [2.45, 2.75) is 148 Å². The summed E-state index contributed by atoms with van der Waals surface area (Å²) in [4.78, 5) is 67.4. The van der Waals surface area contributed by atoms with Gasteiger partial charge in [0.2, 0.25) is 17.7 Å². The highest BCUT2D eigenvalue weighted by Gasteiger charge is 2.20. The Kier molecular flexibility index (Phi) is 44.7. The molecule has 0 heterocycles. The fourth-order valence-corrected chi connectivity index (χ4v) is 5.40. The van der Waals surface area contributed by atoms with Crippen molar-refractivity contribution in [3.05, 3.63) is 0 Å². The Balaban J connectivity index is 0. The van der Waals surface area contributed by atoms with Gasteiger partial charge in [-0.1, -0.05) is 96.8 Å². The predicted octanol–water partition coefficient (Wildman–Crippen LogP) is 4.56. The predicted molar refractivity (Wildman–Crippen MR) is 219 cm³/mol. The van der Waals surface area contributed by atoms with Crippen molar-refractivity contribution in [1.29, 1.82) is 0 Å². The molecule has 57 heavy (non-hydrogen) atoms. The molecule has 3 amide bonds. The van der Waals surface area contributed by atoms with Crippen LogP contribution in [0.3, 0.4) is 0 Å². The number of carboxylic acid groups (broad SMARTS) is 2. The number of nitrogens with one attached hydrogen (secondary N) is 4. The molecule has 0 fully saturated rings. The zero-order valence-corrected chi connectivity index (χ0v) is 35.3. The maximum absolute atomic E-state index is 12.2. The van der Waals surface area contributed by atoms with Crippen molar-refractivity contribution in [3.63, 3.8) is 0 Å². The van der Waals surface area contributed by atoms with Crippen LogP contribution in [-0.2, 0) is 47.7 Å².